The lowest BCUT2D eigenvalue weighted by Crippen LogP contribution is -2.34. The van der Waals surface area contributed by atoms with Gasteiger partial charge in [-0.25, -0.2) is 0 Å². The van der Waals surface area contributed by atoms with Crippen molar-refractivity contribution in [1.29, 1.82) is 0 Å². The molecule has 0 fully saturated rings. The first kappa shape index (κ1) is 15.8. The molecule has 0 saturated carbocycles. The van der Waals surface area contributed by atoms with Gasteiger partial charge in [-0.05, 0) is 37.4 Å². The van der Waals surface area contributed by atoms with Crippen LogP contribution < -0.4 is 5.32 Å². The number of hydrogen-bond acceptors (Lipinski definition) is 2. The van der Waals surface area contributed by atoms with E-state index in [2.05, 4.69) is 12.2 Å². The summed E-state index contributed by atoms with van der Waals surface area (Å²) in [5.74, 6) is 0. The first-order valence-corrected chi connectivity index (χ1v) is 7.09. The summed E-state index contributed by atoms with van der Waals surface area (Å²) in [5.41, 5.74) is 1.10. The van der Waals surface area contributed by atoms with Gasteiger partial charge >= 0.3 is 0 Å². The standard InChI is InChI=1S/C14H21Cl2NO/c1-3-9-17-12(10-18-2)8-7-11-5-4-6-13(15)14(11)16/h4-6,12,17H,3,7-10H2,1-2H3. The Morgan fingerprint density at radius 1 is 1.33 bits per heavy atom. The summed E-state index contributed by atoms with van der Waals surface area (Å²) in [4.78, 5) is 0. The molecule has 0 aromatic heterocycles. The Bertz CT molecular complexity index is 358. The van der Waals surface area contributed by atoms with Crippen LogP contribution in [0.3, 0.4) is 0 Å². The Morgan fingerprint density at radius 3 is 2.78 bits per heavy atom. The predicted molar refractivity (Wildman–Crippen MR) is 78.7 cm³/mol. The van der Waals surface area contributed by atoms with Crippen LogP contribution in [0.15, 0.2) is 18.2 Å². The van der Waals surface area contributed by atoms with Crippen molar-refractivity contribution in [1.82, 2.24) is 5.32 Å². The second-order valence-corrected chi connectivity index (χ2v) is 5.14. The van der Waals surface area contributed by atoms with Crippen LogP contribution >= 0.6 is 23.2 Å². The highest BCUT2D eigenvalue weighted by molar-refractivity contribution is 6.42. The minimum Gasteiger partial charge on any atom is -0.383 e. The molecule has 0 amide bonds. The summed E-state index contributed by atoms with van der Waals surface area (Å²) in [6, 6.07) is 6.15. The van der Waals surface area contributed by atoms with Crippen molar-refractivity contribution in [2.75, 3.05) is 20.3 Å². The molecule has 0 radical (unpaired) electrons. The zero-order chi connectivity index (χ0) is 13.4. The highest BCUT2D eigenvalue weighted by Crippen LogP contribution is 2.26. The fourth-order valence-corrected chi connectivity index (χ4v) is 2.28. The fourth-order valence-electron chi connectivity index (χ4n) is 1.87. The van der Waals surface area contributed by atoms with Crippen molar-refractivity contribution >= 4 is 23.2 Å². The highest BCUT2D eigenvalue weighted by atomic mass is 35.5. The van der Waals surface area contributed by atoms with Gasteiger partial charge in [-0.3, -0.25) is 0 Å². The molecule has 1 aromatic rings. The minimum absolute atomic E-state index is 0.366. The SMILES string of the molecule is CCCNC(CCc1cccc(Cl)c1Cl)COC. The van der Waals surface area contributed by atoms with E-state index in [-0.39, 0.29) is 0 Å². The summed E-state index contributed by atoms with van der Waals surface area (Å²) in [5, 5.41) is 4.77. The van der Waals surface area contributed by atoms with E-state index in [1.165, 1.54) is 0 Å². The quantitative estimate of drug-likeness (QED) is 0.783. The van der Waals surface area contributed by atoms with Gasteiger partial charge in [0.15, 0.2) is 0 Å². The molecular weight excluding hydrogens is 269 g/mol. The Balaban J connectivity index is 2.52. The predicted octanol–water partition coefficient (Wildman–Crippen LogP) is 3.94. The average molecular weight is 290 g/mol. The highest BCUT2D eigenvalue weighted by Gasteiger charge is 2.10. The molecule has 0 aliphatic carbocycles. The number of rotatable bonds is 8. The van der Waals surface area contributed by atoms with E-state index in [0.29, 0.717) is 16.1 Å². The number of ether oxygens (including phenoxy) is 1. The van der Waals surface area contributed by atoms with E-state index in [1.807, 2.05) is 18.2 Å². The molecule has 4 heteroatoms. The van der Waals surface area contributed by atoms with Gasteiger partial charge in [0.2, 0.25) is 0 Å². The van der Waals surface area contributed by atoms with E-state index in [0.717, 1.165) is 38.0 Å². The zero-order valence-corrected chi connectivity index (χ0v) is 12.5. The normalized spacial score (nSPS) is 12.7. The number of aryl methyl sites for hydroxylation is 1. The van der Waals surface area contributed by atoms with Crippen LogP contribution in [0.4, 0.5) is 0 Å². The molecular formula is C14H21Cl2NO. The second-order valence-electron chi connectivity index (χ2n) is 4.36. The number of methoxy groups -OCH3 is 1. The lowest BCUT2D eigenvalue weighted by atomic mass is 10.1. The van der Waals surface area contributed by atoms with Crippen LogP contribution in [-0.4, -0.2) is 26.3 Å². The molecule has 0 aliphatic rings. The number of halogens is 2. The van der Waals surface area contributed by atoms with E-state index in [9.17, 15) is 0 Å². The van der Waals surface area contributed by atoms with E-state index >= 15 is 0 Å². The van der Waals surface area contributed by atoms with Gasteiger partial charge in [-0.15, -0.1) is 0 Å². The molecule has 0 bridgehead atoms. The molecule has 102 valence electrons. The smallest absolute Gasteiger partial charge is 0.0624 e. The third kappa shape index (κ3) is 5.15. The largest absolute Gasteiger partial charge is 0.383 e. The summed E-state index contributed by atoms with van der Waals surface area (Å²) >= 11 is 12.2. The van der Waals surface area contributed by atoms with Crippen molar-refractivity contribution in [2.24, 2.45) is 0 Å². The summed E-state index contributed by atoms with van der Waals surface area (Å²) in [6.45, 7) is 3.89. The molecule has 1 atom stereocenters. The lowest BCUT2D eigenvalue weighted by molar-refractivity contribution is 0.162. The molecule has 1 N–H and O–H groups in total. The maximum atomic E-state index is 6.17. The average Bonchev–Trinajstić information content (AvgIpc) is 2.37. The molecule has 0 spiro atoms. The molecule has 2 nitrogen and oxygen atoms in total. The third-order valence-corrected chi connectivity index (χ3v) is 3.70. The number of benzene rings is 1. The van der Waals surface area contributed by atoms with Crippen molar-refractivity contribution in [3.8, 4) is 0 Å². The lowest BCUT2D eigenvalue weighted by Gasteiger charge is -2.18. The van der Waals surface area contributed by atoms with Crippen molar-refractivity contribution in [3.05, 3.63) is 33.8 Å². The van der Waals surface area contributed by atoms with Crippen molar-refractivity contribution in [2.45, 2.75) is 32.2 Å². The van der Waals surface area contributed by atoms with Gasteiger partial charge in [-0.1, -0.05) is 42.3 Å². The first-order valence-electron chi connectivity index (χ1n) is 6.34. The van der Waals surface area contributed by atoms with Crippen LogP contribution in [0.25, 0.3) is 0 Å². The molecule has 1 unspecified atom stereocenters. The van der Waals surface area contributed by atoms with Gasteiger partial charge in [0.25, 0.3) is 0 Å². The molecule has 0 aliphatic heterocycles. The van der Waals surface area contributed by atoms with Gasteiger partial charge in [0, 0.05) is 13.2 Å². The van der Waals surface area contributed by atoms with Gasteiger partial charge in [0.1, 0.15) is 0 Å². The maximum absolute atomic E-state index is 6.17. The van der Waals surface area contributed by atoms with Gasteiger partial charge < -0.3 is 10.1 Å². The maximum Gasteiger partial charge on any atom is 0.0624 e. The molecule has 0 saturated heterocycles. The van der Waals surface area contributed by atoms with Crippen molar-refractivity contribution < 1.29 is 4.74 Å². The monoisotopic (exact) mass is 289 g/mol. The number of nitrogens with one attached hydrogen (secondary N) is 1. The molecule has 18 heavy (non-hydrogen) atoms. The first-order chi connectivity index (χ1) is 8.69. The third-order valence-electron chi connectivity index (χ3n) is 2.84. The van der Waals surface area contributed by atoms with Crippen LogP contribution in [0.5, 0.6) is 0 Å². The Labute approximate surface area is 120 Å². The van der Waals surface area contributed by atoms with Gasteiger partial charge in [0.05, 0.1) is 16.7 Å². The summed E-state index contributed by atoms with van der Waals surface area (Å²) in [7, 11) is 1.73. The van der Waals surface area contributed by atoms with E-state index in [4.69, 9.17) is 27.9 Å². The van der Waals surface area contributed by atoms with Crippen molar-refractivity contribution in [3.63, 3.8) is 0 Å². The second kappa shape index (κ2) is 8.76. The van der Waals surface area contributed by atoms with Crippen LogP contribution in [0, 0.1) is 0 Å². The topological polar surface area (TPSA) is 21.3 Å². The molecule has 0 heterocycles. The van der Waals surface area contributed by atoms with Crippen LogP contribution in [-0.2, 0) is 11.2 Å². The minimum atomic E-state index is 0.366. The fraction of sp³-hybridized carbons (Fsp3) is 0.571. The van der Waals surface area contributed by atoms with E-state index < -0.39 is 0 Å². The summed E-state index contributed by atoms with van der Waals surface area (Å²) < 4.78 is 5.22. The van der Waals surface area contributed by atoms with Crippen LogP contribution in [0.1, 0.15) is 25.3 Å². The van der Waals surface area contributed by atoms with Gasteiger partial charge in [-0.2, -0.15) is 0 Å². The Kier molecular flexibility index (Phi) is 7.68. The van der Waals surface area contributed by atoms with E-state index in [1.54, 1.807) is 7.11 Å². The molecule has 1 rings (SSSR count). The van der Waals surface area contributed by atoms with Crippen LogP contribution in [0.2, 0.25) is 10.0 Å². The zero-order valence-electron chi connectivity index (χ0n) is 11.0. The Morgan fingerprint density at radius 2 is 2.11 bits per heavy atom. The number of hydrogen-bond donors (Lipinski definition) is 1. The summed E-state index contributed by atoms with van der Waals surface area (Å²) in [6.07, 6.45) is 3.02. The molecule has 1 aromatic carbocycles. The Hall–Kier alpha value is -0.280.